The van der Waals surface area contributed by atoms with Gasteiger partial charge < -0.3 is 14.0 Å². The second kappa shape index (κ2) is 5.22. The van der Waals surface area contributed by atoms with E-state index >= 15 is 0 Å². The third-order valence-electron chi connectivity index (χ3n) is 1.06. The number of hydrogen-bond acceptors (Lipinski definition) is 6. The lowest BCUT2D eigenvalue weighted by molar-refractivity contribution is -0.184. The van der Waals surface area contributed by atoms with Crippen molar-refractivity contribution in [3.05, 3.63) is 0 Å². The van der Waals surface area contributed by atoms with E-state index in [-0.39, 0.29) is 0 Å². The largest absolute Gasteiger partial charge is 0.834 e. The van der Waals surface area contributed by atoms with Crippen LogP contribution >= 0.6 is 0 Å². The SMILES string of the molecule is COC(=O)C(F)(F)C(=O)OB(F)OC=O. The van der Waals surface area contributed by atoms with Crippen LogP contribution in [0.1, 0.15) is 0 Å². The van der Waals surface area contributed by atoms with Crippen molar-refractivity contribution in [3.8, 4) is 0 Å². The molecule has 0 heterocycles. The van der Waals surface area contributed by atoms with Crippen molar-refractivity contribution in [1.82, 2.24) is 0 Å². The van der Waals surface area contributed by atoms with Gasteiger partial charge in [-0.25, -0.2) is 13.9 Å². The van der Waals surface area contributed by atoms with E-state index in [1.165, 1.54) is 0 Å². The van der Waals surface area contributed by atoms with Gasteiger partial charge in [0.1, 0.15) is 0 Å². The topological polar surface area (TPSA) is 78.9 Å². The molecular formula is C5H4BF3O6. The number of rotatable bonds is 5. The Labute approximate surface area is 81.5 Å². The van der Waals surface area contributed by atoms with Crippen molar-refractivity contribution in [3.63, 3.8) is 0 Å². The maximum absolute atomic E-state index is 12.6. The molecule has 0 aliphatic heterocycles. The van der Waals surface area contributed by atoms with E-state index in [0.29, 0.717) is 7.11 Å². The summed E-state index contributed by atoms with van der Waals surface area (Å²) in [5, 5.41) is 0. The number of hydrogen-bond donors (Lipinski definition) is 0. The molecule has 10 heteroatoms. The summed E-state index contributed by atoms with van der Waals surface area (Å²) in [5.74, 6) is -9.40. The van der Waals surface area contributed by atoms with Crippen LogP contribution in [0.4, 0.5) is 13.1 Å². The van der Waals surface area contributed by atoms with Crippen LogP contribution in [-0.2, 0) is 28.4 Å². The third-order valence-corrected chi connectivity index (χ3v) is 1.06. The van der Waals surface area contributed by atoms with E-state index in [1.807, 2.05) is 0 Å². The first-order valence-corrected chi connectivity index (χ1v) is 3.26. The summed E-state index contributed by atoms with van der Waals surface area (Å²) >= 11 is 0. The van der Waals surface area contributed by atoms with Crippen LogP contribution in [0.15, 0.2) is 0 Å². The normalized spacial score (nSPS) is 10.1. The Kier molecular flexibility index (Phi) is 4.62. The van der Waals surface area contributed by atoms with Gasteiger partial charge in [0.15, 0.2) is 0 Å². The smallest absolute Gasteiger partial charge is 0.472 e. The molecule has 0 rings (SSSR count). The van der Waals surface area contributed by atoms with E-state index in [4.69, 9.17) is 0 Å². The van der Waals surface area contributed by atoms with E-state index in [0.717, 1.165) is 0 Å². The second-order valence-electron chi connectivity index (χ2n) is 1.98. The van der Waals surface area contributed by atoms with Gasteiger partial charge in [0, 0.05) is 0 Å². The number of halogens is 3. The average molecular weight is 228 g/mol. The fourth-order valence-corrected chi connectivity index (χ4v) is 0.441. The first-order valence-electron chi connectivity index (χ1n) is 3.26. The van der Waals surface area contributed by atoms with E-state index in [2.05, 4.69) is 14.0 Å². The molecule has 0 amide bonds. The lowest BCUT2D eigenvalue weighted by atomic mass is 10.2. The number of carbonyl (C=O) groups is 3. The van der Waals surface area contributed by atoms with E-state index in [9.17, 15) is 27.5 Å². The van der Waals surface area contributed by atoms with Gasteiger partial charge in [-0.15, -0.1) is 0 Å². The number of carbonyl (C=O) groups excluding carboxylic acids is 3. The zero-order valence-corrected chi connectivity index (χ0v) is 7.24. The highest BCUT2D eigenvalue weighted by Gasteiger charge is 2.52. The molecule has 0 aromatic heterocycles. The summed E-state index contributed by atoms with van der Waals surface area (Å²) in [6, 6.07) is 0. The fraction of sp³-hybridized carbons (Fsp3) is 0.400. The molecule has 84 valence electrons. The molecule has 0 saturated carbocycles. The lowest BCUT2D eigenvalue weighted by Gasteiger charge is -2.12. The molecule has 0 radical (unpaired) electrons. The minimum absolute atomic E-state index is 0.464. The standard InChI is InChI=1S/C5H4BF3O6/c1-13-3(11)5(7,8)4(12)15-6(9)14-2-10/h2H,1H3. The Morgan fingerprint density at radius 2 is 1.87 bits per heavy atom. The van der Waals surface area contributed by atoms with Crippen molar-refractivity contribution >= 4 is 25.8 Å². The van der Waals surface area contributed by atoms with Crippen molar-refractivity contribution in [2.45, 2.75) is 5.92 Å². The summed E-state index contributed by atoms with van der Waals surface area (Å²) in [5.41, 5.74) is 0. The molecule has 0 spiro atoms. The van der Waals surface area contributed by atoms with Gasteiger partial charge in [-0.2, -0.15) is 8.78 Å². The molecule has 0 unspecified atom stereocenters. The molecule has 0 aliphatic carbocycles. The van der Waals surface area contributed by atoms with Crippen LogP contribution in [0.2, 0.25) is 0 Å². The first kappa shape index (κ1) is 13.3. The minimum atomic E-state index is -4.66. The van der Waals surface area contributed by atoms with Gasteiger partial charge >= 0.3 is 25.3 Å². The van der Waals surface area contributed by atoms with Crippen molar-refractivity contribution < 1.29 is 41.5 Å². The van der Waals surface area contributed by atoms with Gasteiger partial charge in [0.05, 0.1) is 7.11 Å². The molecule has 0 atom stereocenters. The molecule has 0 bridgehead atoms. The Bertz CT molecular complexity index is 269. The Morgan fingerprint density at radius 3 is 2.27 bits per heavy atom. The van der Waals surface area contributed by atoms with Gasteiger partial charge in [0.25, 0.3) is 6.47 Å². The zero-order valence-electron chi connectivity index (χ0n) is 7.24. The highest BCUT2D eigenvalue weighted by atomic mass is 19.3. The van der Waals surface area contributed by atoms with Crippen LogP contribution in [-0.4, -0.2) is 38.8 Å². The Morgan fingerprint density at radius 1 is 1.33 bits per heavy atom. The predicted octanol–water partition coefficient (Wildman–Crippen LogP) is -0.535. The number of esters is 1. The zero-order chi connectivity index (χ0) is 12.1. The quantitative estimate of drug-likeness (QED) is 0.272. The molecule has 0 fully saturated rings. The van der Waals surface area contributed by atoms with Crippen LogP contribution in [0.3, 0.4) is 0 Å². The second-order valence-corrected chi connectivity index (χ2v) is 1.98. The molecule has 0 aromatic rings. The lowest BCUT2D eigenvalue weighted by Crippen LogP contribution is -2.42. The fourth-order valence-electron chi connectivity index (χ4n) is 0.441. The number of ether oxygens (including phenoxy) is 1. The third kappa shape index (κ3) is 3.48. The van der Waals surface area contributed by atoms with E-state index < -0.39 is 31.7 Å². The highest BCUT2D eigenvalue weighted by Crippen LogP contribution is 2.17. The summed E-state index contributed by atoms with van der Waals surface area (Å²) in [6.07, 6.45) is 0. The van der Waals surface area contributed by atoms with Crippen molar-refractivity contribution in [2.75, 3.05) is 7.11 Å². The van der Waals surface area contributed by atoms with Gasteiger partial charge in [-0.05, 0) is 0 Å². The monoisotopic (exact) mass is 228 g/mol. The average Bonchev–Trinajstić information content (AvgIpc) is 2.16. The Hall–Kier alpha value is -1.74. The summed E-state index contributed by atoms with van der Waals surface area (Å²) < 4.78 is 47.4. The van der Waals surface area contributed by atoms with Crippen molar-refractivity contribution in [1.29, 1.82) is 0 Å². The molecule has 0 saturated heterocycles. The maximum Gasteiger partial charge on any atom is 0.834 e. The summed E-state index contributed by atoms with van der Waals surface area (Å²) in [4.78, 5) is 30.3. The summed E-state index contributed by atoms with van der Waals surface area (Å²) in [6.45, 7) is -0.464. The van der Waals surface area contributed by atoms with Gasteiger partial charge in [0.2, 0.25) is 0 Å². The van der Waals surface area contributed by atoms with Crippen LogP contribution in [0, 0.1) is 0 Å². The predicted molar refractivity (Wildman–Crippen MR) is 37.1 cm³/mol. The Balaban J connectivity index is 4.43. The van der Waals surface area contributed by atoms with E-state index in [1.54, 1.807) is 0 Å². The van der Waals surface area contributed by atoms with Gasteiger partial charge in [-0.1, -0.05) is 0 Å². The minimum Gasteiger partial charge on any atom is -0.472 e. The number of alkyl halides is 2. The molecule has 6 nitrogen and oxygen atoms in total. The van der Waals surface area contributed by atoms with Crippen LogP contribution in [0.25, 0.3) is 0 Å². The molecule has 0 N–H and O–H groups in total. The van der Waals surface area contributed by atoms with Crippen LogP contribution in [0.5, 0.6) is 0 Å². The van der Waals surface area contributed by atoms with Gasteiger partial charge in [-0.3, -0.25) is 4.79 Å². The van der Waals surface area contributed by atoms with Crippen LogP contribution < -0.4 is 0 Å². The van der Waals surface area contributed by atoms with Crippen molar-refractivity contribution in [2.24, 2.45) is 0 Å². The molecule has 0 aliphatic rings. The maximum atomic E-state index is 12.6. The first-order chi connectivity index (χ1) is 6.86. The summed E-state index contributed by atoms with van der Waals surface area (Å²) in [7, 11) is -2.41. The molecule has 0 aromatic carbocycles. The highest BCUT2D eigenvalue weighted by molar-refractivity contribution is 6.40. The molecular weight excluding hydrogens is 224 g/mol. The molecule has 15 heavy (non-hydrogen) atoms. The number of methoxy groups -OCH3 is 1.